The van der Waals surface area contributed by atoms with E-state index in [-0.39, 0.29) is 18.1 Å². The molecule has 1 fully saturated rings. The molecule has 2 amide bonds. The van der Waals surface area contributed by atoms with Gasteiger partial charge in [0.2, 0.25) is 0 Å². The molecule has 0 bridgehead atoms. The Bertz CT molecular complexity index is 340. The van der Waals surface area contributed by atoms with Crippen molar-refractivity contribution in [2.24, 2.45) is 0 Å². The normalized spacial score (nSPS) is 25.5. The van der Waals surface area contributed by atoms with Crippen molar-refractivity contribution in [3.05, 3.63) is 12.3 Å². The lowest BCUT2D eigenvalue weighted by molar-refractivity contribution is 0.133. The molecule has 1 aromatic rings. The number of hydrogen-bond donors (Lipinski definition) is 1. The summed E-state index contributed by atoms with van der Waals surface area (Å²) >= 11 is 0. The van der Waals surface area contributed by atoms with Crippen molar-refractivity contribution in [3.63, 3.8) is 0 Å². The molecule has 1 N–H and O–H groups in total. The average Bonchev–Trinajstić information content (AvgIpc) is 2.70. The van der Waals surface area contributed by atoms with Crippen molar-refractivity contribution < 1.29 is 9.32 Å². The van der Waals surface area contributed by atoms with E-state index in [1.807, 2.05) is 4.90 Å². The predicted molar refractivity (Wildman–Crippen MR) is 60.1 cm³/mol. The summed E-state index contributed by atoms with van der Waals surface area (Å²) in [7, 11) is 0. The first-order chi connectivity index (χ1) is 7.68. The quantitative estimate of drug-likeness (QED) is 0.795. The number of carbonyl (C=O) groups is 1. The summed E-state index contributed by atoms with van der Waals surface area (Å²) in [6.45, 7) is 4.16. The summed E-state index contributed by atoms with van der Waals surface area (Å²) < 4.78 is 4.67. The van der Waals surface area contributed by atoms with Crippen LogP contribution >= 0.6 is 0 Å². The topological polar surface area (TPSA) is 58.4 Å². The number of piperidine rings is 1. The molecule has 88 valence electrons. The number of nitrogens with one attached hydrogen (secondary N) is 1. The van der Waals surface area contributed by atoms with E-state index in [4.69, 9.17) is 0 Å². The number of rotatable bonds is 1. The van der Waals surface area contributed by atoms with Gasteiger partial charge < -0.3 is 9.42 Å². The first-order valence-corrected chi connectivity index (χ1v) is 5.68. The van der Waals surface area contributed by atoms with Gasteiger partial charge in [-0.25, -0.2) is 4.79 Å². The highest BCUT2D eigenvalue weighted by atomic mass is 16.5. The molecular weight excluding hydrogens is 206 g/mol. The van der Waals surface area contributed by atoms with Gasteiger partial charge in [-0.05, 0) is 33.1 Å². The van der Waals surface area contributed by atoms with Crippen LogP contribution in [0.1, 0.15) is 33.1 Å². The molecule has 0 radical (unpaired) electrons. The maximum Gasteiger partial charge on any atom is 0.323 e. The fourth-order valence-corrected chi connectivity index (χ4v) is 2.27. The Morgan fingerprint density at radius 2 is 2.19 bits per heavy atom. The van der Waals surface area contributed by atoms with E-state index >= 15 is 0 Å². The second-order valence-electron chi connectivity index (χ2n) is 4.35. The molecule has 1 aliphatic heterocycles. The minimum atomic E-state index is -0.0893. The summed E-state index contributed by atoms with van der Waals surface area (Å²) in [5.74, 6) is 0.468. The monoisotopic (exact) mass is 223 g/mol. The highest BCUT2D eigenvalue weighted by Gasteiger charge is 2.29. The number of likely N-dealkylation sites (tertiary alicyclic amines) is 1. The number of urea groups is 1. The number of nitrogens with zero attached hydrogens (tertiary/aromatic N) is 2. The largest absolute Gasteiger partial charge is 0.363 e. The Labute approximate surface area is 94.8 Å². The van der Waals surface area contributed by atoms with Gasteiger partial charge in [0.15, 0.2) is 5.82 Å². The van der Waals surface area contributed by atoms with Crippen molar-refractivity contribution in [2.45, 2.75) is 45.2 Å². The fraction of sp³-hybridized carbons (Fsp3) is 0.636. The van der Waals surface area contributed by atoms with E-state index in [1.165, 1.54) is 12.7 Å². The van der Waals surface area contributed by atoms with E-state index in [1.54, 1.807) is 6.07 Å². The second-order valence-corrected chi connectivity index (χ2v) is 4.35. The molecule has 5 nitrogen and oxygen atoms in total. The van der Waals surface area contributed by atoms with Gasteiger partial charge in [-0.15, -0.1) is 0 Å². The summed E-state index contributed by atoms with van der Waals surface area (Å²) in [5.41, 5.74) is 0. The van der Waals surface area contributed by atoms with Gasteiger partial charge in [0.25, 0.3) is 0 Å². The van der Waals surface area contributed by atoms with Crippen LogP contribution in [-0.2, 0) is 0 Å². The molecule has 2 unspecified atom stereocenters. The van der Waals surface area contributed by atoms with E-state index < -0.39 is 0 Å². The van der Waals surface area contributed by atoms with Crippen molar-refractivity contribution in [1.82, 2.24) is 10.1 Å². The molecule has 16 heavy (non-hydrogen) atoms. The third-order valence-electron chi connectivity index (χ3n) is 3.10. The lowest BCUT2D eigenvalue weighted by Crippen LogP contribution is -2.49. The van der Waals surface area contributed by atoms with Crippen LogP contribution in [0, 0.1) is 0 Å². The standard InChI is InChI=1S/C11H17N3O2/c1-8-4-3-5-9(2)14(8)11(15)12-10-6-7-16-13-10/h6-9H,3-5H2,1-2H3,(H,12,13,15). The zero-order valence-corrected chi connectivity index (χ0v) is 9.64. The molecule has 0 saturated carbocycles. The Morgan fingerprint density at radius 1 is 1.50 bits per heavy atom. The number of carbonyl (C=O) groups excluding carboxylic acids is 1. The Kier molecular flexibility index (Phi) is 3.12. The third kappa shape index (κ3) is 2.18. The maximum atomic E-state index is 12.0. The van der Waals surface area contributed by atoms with Gasteiger partial charge in [-0.2, -0.15) is 0 Å². The summed E-state index contributed by atoms with van der Waals surface area (Å²) in [6.07, 6.45) is 4.77. The van der Waals surface area contributed by atoms with Gasteiger partial charge in [-0.1, -0.05) is 5.16 Å². The van der Waals surface area contributed by atoms with Crippen LogP contribution in [0.4, 0.5) is 10.6 Å². The minimum absolute atomic E-state index is 0.0893. The van der Waals surface area contributed by atoms with Crippen LogP contribution in [0.3, 0.4) is 0 Å². The molecule has 0 aliphatic carbocycles. The highest BCUT2D eigenvalue weighted by Crippen LogP contribution is 2.23. The Balaban J connectivity index is 2.02. The third-order valence-corrected chi connectivity index (χ3v) is 3.10. The SMILES string of the molecule is CC1CCCC(C)N1C(=O)Nc1ccon1. The zero-order valence-electron chi connectivity index (χ0n) is 9.64. The predicted octanol–water partition coefficient (Wildman–Crippen LogP) is 2.47. The van der Waals surface area contributed by atoms with E-state index in [2.05, 4.69) is 28.8 Å². The first-order valence-electron chi connectivity index (χ1n) is 5.68. The van der Waals surface area contributed by atoms with E-state index in [9.17, 15) is 4.79 Å². The Morgan fingerprint density at radius 3 is 2.75 bits per heavy atom. The smallest absolute Gasteiger partial charge is 0.323 e. The average molecular weight is 223 g/mol. The minimum Gasteiger partial charge on any atom is -0.363 e. The number of hydrogen-bond acceptors (Lipinski definition) is 3. The number of anilines is 1. The maximum absolute atomic E-state index is 12.0. The van der Waals surface area contributed by atoms with Crippen LogP contribution in [0.5, 0.6) is 0 Å². The lowest BCUT2D eigenvalue weighted by atomic mass is 9.98. The van der Waals surface area contributed by atoms with Gasteiger partial charge in [0, 0.05) is 18.2 Å². The van der Waals surface area contributed by atoms with Gasteiger partial charge >= 0.3 is 6.03 Å². The molecule has 0 aromatic carbocycles. The van der Waals surface area contributed by atoms with Crippen LogP contribution in [0.15, 0.2) is 16.9 Å². The zero-order chi connectivity index (χ0) is 11.5. The molecule has 1 saturated heterocycles. The van der Waals surface area contributed by atoms with E-state index in [0.29, 0.717) is 5.82 Å². The highest BCUT2D eigenvalue weighted by molar-refractivity contribution is 5.88. The molecule has 2 atom stereocenters. The molecule has 1 aromatic heterocycles. The van der Waals surface area contributed by atoms with Crippen LogP contribution in [0.2, 0.25) is 0 Å². The van der Waals surface area contributed by atoms with E-state index in [0.717, 1.165) is 12.8 Å². The number of amides is 2. The molecule has 2 rings (SSSR count). The first kappa shape index (κ1) is 11.0. The summed E-state index contributed by atoms with van der Waals surface area (Å²) in [6, 6.07) is 2.12. The lowest BCUT2D eigenvalue weighted by Gasteiger charge is -2.38. The number of aromatic nitrogens is 1. The summed E-state index contributed by atoms with van der Waals surface area (Å²) in [5, 5.41) is 6.40. The van der Waals surface area contributed by atoms with Gasteiger partial charge in [-0.3, -0.25) is 5.32 Å². The van der Waals surface area contributed by atoms with Crippen molar-refractivity contribution in [3.8, 4) is 0 Å². The fourth-order valence-electron chi connectivity index (χ4n) is 2.27. The van der Waals surface area contributed by atoms with Crippen molar-refractivity contribution in [2.75, 3.05) is 5.32 Å². The van der Waals surface area contributed by atoms with Gasteiger partial charge in [0.1, 0.15) is 6.26 Å². The van der Waals surface area contributed by atoms with Crippen molar-refractivity contribution >= 4 is 11.8 Å². The van der Waals surface area contributed by atoms with Crippen LogP contribution < -0.4 is 5.32 Å². The molecular formula is C11H17N3O2. The molecule has 1 aliphatic rings. The summed E-state index contributed by atoms with van der Waals surface area (Å²) in [4.78, 5) is 13.9. The molecule has 2 heterocycles. The second kappa shape index (κ2) is 4.55. The molecule has 5 heteroatoms. The van der Waals surface area contributed by atoms with Crippen LogP contribution in [-0.4, -0.2) is 28.2 Å². The Hall–Kier alpha value is -1.52. The van der Waals surface area contributed by atoms with Crippen molar-refractivity contribution in [1.29, 1.82) is 0 Å². The van der Waals surface area contributed by atoms with Gasteiger partial charge in [0.05, 0.1) is 0 Å². The van der Waals surface area contributed by atoms with Crippen LogP contribution in [0.25, 0.3) is 0 Å². The molecule has 0 spiro atoms.